The van der Waals surface area contributed by atoms with Crippen LogP contribution < -0.4 is 0 Å². The summed E-state index contributed by atoms with van der Waals surface area (Å²) in [7, 11) is 3.31. The quantitative estimate of drug-likeness (QED) is 0.852. The highest BCUT2D eigenvalue weighted by Gasteiger charge is 2.32. The van der Waals surface area contributed by atoms with Gasteiger partial charge in [0, 0.05) is 20.6 Å². The summed E-state index contributed by atoms with van der Waals surface area (Å²) in [6, 6.07) is 0. The Bertz CT molecular complexity index is 529. The largest absolute Gasteiger partial charge is 0.365 e. The second-order valence-corrected chi connectivity index (χ2v) is 5.23. The van der Waals surface area contributed by atoms with Crippen LogP contribution in [0.3, 0.4) is 0 Å². The summed E-state index contributed by atoms with van der Waals surface area (Å²) in [6.07, 6.45) is -0.637. The summed E-state index contributed by atoms with van der Waals surface area (Å²) < 4.78 is 5.41. The average molecular weight is 301 g/mol. The fourth-order valence-electron chi connectivity index (χ4n) is 1.98. The third-order valence-electron chi connectivity index (χ3n) is 3.15. The Labute approximate surface area is 121 Å². The van der Waals surface area contributed by atoms with E-state index >= 15 is 0 Å². The second-order valence-electron chi connectivity index (χ2n) is 4.85. The van der Waals surface area contributed by atoms with Gasteiger partial charge in [0.05, 0.1) is 23.9 Å². The van der Waals surface area contributed by atoms with E-state index in [0.29, 0.717) is 23.9 Å². The molecule has 1 aromatic heterocycles. The van der Waals surface area contributed by atoms with Gasteiger partial charge < -0.3 is 14.5 Å². The number of ether oxygens (including phenoxy) is 1. The molecule has 0 aliphatic carbocycles. The number of H-pyrrole nitrogens is 1. The molecular weight excluding hydrogens is 284 g/mol. The maximum absolute atomic E-state index is 12.4. The number of halogens is 1. The van der Waals surface area contributed by atoms with E-state index < -0.39 is 6.10 Å². The highest BCUT2D eigenvalue weighted by atomic mass is 35.5. The summed E-state index contributed by atoms with van der Waals surface area (Å²) in [6.45, 7) is 2.68. The SMILES string of the molecule is Cc1[nH]nc(C(=O)N2CCOC(C(=O)N(C)C)C2)c1Cl. The molecule has 0 radical (unpaired) electrons. The molecule has 2 amide bonds. The zero-order valence-corrected chi connectivity index (χ0v) is 12.4. The first kappa shape index (κ1) is 14.8. The lowest BCUT2D eigenvalue weighted by molar-refractivity contribution is -0.145. The van der Waals surface area contributed by atoms with Crippen LogP contribution in [0.2, 0.25) is 5.02 Å². The van der Waals surface area contributed by atoms with Gasteiger partial charge in [0.2, 0.25) is 0 Å². The number of hydrogen-bond donors (Lipinski definition) is 1. The van der Waals surface area contributed by atoms with E-state index in [9.17, 15) is 9.59 Å². The van der Waals surface area contributed by atoms with Gasteiger partial charge in [-0.25, -0.2) is 0 Å². The number of likely N-dealkylation sites (N-methyl/N-ethyl adjacent to an activating group) is 1. The van der Waals surface area contributed by atoms with Crippen molar-refractivity contribution in [2.45, 2.75) is 13.0 Å². The monoisotopic (exact) mass is 300 g/mol. The Morgan fingerprint density at radius 1 is 1.50 bits per heavy atom. The molecule has 1 unspecified atom stereocenters. The van der Waals surface area contributed by atoms with Gasteiger partial charge in [-0.1, -0.05) is 11.6 Å². The number of carbonyl (C=O) groups is 2. The standard InChI is InChI=1S/C12H17ClN4O3/c1-7-9(13)10(15-14-7)12(19)17-4-5-20-8(6-17)11(18)16(2)3/h8H,4-6H2,1-3H3,(H,14,15). The number of amides is 2. The first-order valence-corrected chi connectivity index (χ1v) is 6.62. The smallest absolute Gasteiger partial charge is 0.276 e. The number of hydrogen-bond acceptors (Lipinski definition) is 4. The Hall–Kier alpha value is -1.60. The van der Waals surface area contributed by atoms with E-state index in [-0.39, 0.29) is 24.1 Å². The predicted molar refractivity (Wildman–Crippen MR) is 72.7 cm³/mol. The van der Waals surface area contributed by atoms with Crippen molar-refractivity contribution >= 4 is 23.4 Å². The third-order valence-corrected chi connectivity index (χ3v) is 3.61. The zero-order chi connectivity index (χ0) is 14.9. The number of rotatable bonds is 2. The van der Waals surface area contributed by atoms with Crippen molar-refractivity contribution in [1.82, 2.24) is 20.0 Å². The molecule has 1 aliphatic rings. The molecule has 0 spiro atoms. The van der Waals surface area contributed by atoms with E-state index in [1.807, 2.05) is 0 Å². The minimum absolute atomic E-state index is 0.160. The number of aromatic amines is 1. The van der Waals surface area contributed by atoms with Crippen LogP contribution in [-0.2, 0) is 9.53 Å². The van der Waals surface area contributed by atoms with E-state index in [1.165, 1.54) is 9.80 Å². The van der Waals surface area contributed by atoms with Crippen LogP contribution in [0.1, 0.15) is 16.2 Å². The summed E-state index contributed by atoms with van der Waals surface area (Å²) in [5.41, 5.74) is 0.825. The first-order valence-electron chi connectivity index (χ1n) is 6.24. The number of nitrogens with one attached hydrogen (secondary N) is 1. The van der Waals surface area contributed by atoms with Crippen molar-refractivity contribution in [3.8, 4) is 0 Å². The van der Waals surface area contributed by atoms with Gasteiger partial charge in [-0.3, -0.25) is 14.7 Å². The maximum Gasteiger partial charge on any atom is 0.276 e. The molecule has 1 fully saturated rings. The fourth-order valence-corrected chi connectivity index (χ4v) is 2.14. The van der Waals surface area contributed by atoms with Gasteiger partial charge in [-0.05, 0) is 6.92 Å². The molecule has 0 bridgehead atoms. The van der Waals surface area contributed by atoms with Crippen molar-refractivity contribution in [2.75, 3.05) is 33.8 Å². The summed E-state index contributed by atoms with van der Waals surface area (Å²) in [5, 5.41) is 6.90. The van der Waals surface area contributed by atoms with E-state index in [1.54, 1.807) is 21.0 Å². The summed E-state index contributed by atoms with van der Waals surface area (Å²) in [4.78, 5) is 27.2. The lowest BCUT2D eigenvalue weighted by Gasteiger charge is -2.32. The number of nitrogens with zero attached hydrogens (tertiary/aromatic N) is 3. The minimum Gasteiger partial charge on any atom is -0.365 e. The maximum atomic E-state index is 12.4. The average Bonchev–Trinajstić information content (AvgIpc) is 2.77. The van der Waals surface area contributed by atoms with E-state index in [0.717, 1.165) is 0 Å². The molecule has 2 rings (SSSR count). The highest BCUT2D eigenvalue weighted by molar-refractivity contribution is 6.34. The minimum atomic E-state index is -0.637. The van der Waals surface area contributed by atoms with Crippen molar-refractivity contribution in [1.29, 1.82) is 0 Å². The Kier molecular flexibility index (Phi) is 4.29. The Morgan fingerprint density at radius 3 is 2.75 bits per heavy atom. The zero-order valence-electron chi connectivity index (χ0n) is 11.6. The molecule has 7 nitrogen and oxygen atoms in total. The Balaban J connectivity index is 2.11. The molecule has 110 valence electrons. The molecule has 1 atom stereocenters. The normalized spacial score (nSPS) is 19.0. The molecular formula is C12H17ClN4O3. The van der Waals surface area contributed by atoms with Crippen LogP contribution in [0.25, 0.3) is 0 Å². The molecule has 1 aromatic rings. The van der Waals surface area contributed by atoms with E-state index in [2.05, 4.69) is 10.2 Å². The summed E-state index contributed by atoms with van der Waals surface area (Å²) >= 11 is 6.02. The third kappa shape index (κ3) is 2.78. The van der Waals surface area contributed by atoms with Crippen LogP contribution in [0.5, 0.6) is 0 Å². The topological polar surface area (TPSA) is 78.5 Å². The van der Waals surface area contributed by atoms with Gasteiger partial charge in [-0.2, -0.15) is 5.10 Å². The van der Waals surface area contributed by atoms with Crippen molar-refractivity contribution in [2.24, 2.45) is 0 Å². The molecule has 1 N–H and O–H groups in total. The van der Waals surface area contributed by atoms with Crippen LogP contribution in [0, 0.1) is 6.92 Å². The van der Waals surface area contributed by atoms with Crippen LogP contribution in [0.15, 0.2) is 0 Å². The highest BCUT2D eigenvalue weighted by Crippen LogP contribution is 2.20. The number of aryl methyl sites for hydroxylation is 1. The van der Waals surface area contributed by atoms with Crippen molar-refractivity contribution in [3.63, 3.8) is 0 Å². The predicted octanol–water partition coefficient (Wildman–Crippen LogP) is 0.301. The van der Waals surface area contributed by atoms with Gasteiger partial charge in [0.25, 0.3) is 11.8 Å². The molecule has 1 aliphatic heterocycles. The molecule has 0 aromatic carbocycles. The van der Waals surface area contributed by atoms with Gasteiger partial charge in [0.1, 0.15) is 0 Å². The molecule has 20 heavy (non-hydrogen) atoms. The van der Waals surface area contributed by atoms with Crippen molar-refractivity contribution < 1.29 is 14.3 Å². The lowest BCUT2D eigenvalue weighted by Crippen LogP contribution is -2.51. The molecule has 8 heteroatoms. The molecule has 0 saturated carbocycles. The molecule has 1 saturated heterocycles. The van der Waals surface area contributed by atoms with Crippen molar-refractivity contribution in [3.05, 3.63) is 16.4 Å². The fraction of sp³-hybridized carbons (Fsp3) is 0.583. The number of aromatic nitrogens is 2. The lowest BCUT2D eigenvalue weighted by atomic mass is 10.2. The summed E-state index contributed by atoms with van der Waals surface area (Å²) in [5.74, 6) is -0.453. The first-order chi connectivity index (χ1) is 9.41. The van der Waals surface area contributed by atoms with Crippen LogP contribution in [-0.4, -0.2) is 71.7 Å². The van der Waals surface area contributed by atoms with Gasteiger partial charge in [-0.15, -0.1) is 0 Å². The Morgan fingerprint density at radius 2 is 2.20 bits per heavy atom. The van der Waals surface area contributed by atoms with Crippen LogP contribution in [0.4, 0.5) is 0 Å². The number of morpholine rings is 1. The van der Waals surface area contributed by atoms with E-state index in [4.69, 9.17) is 16.3 Å². The van der Waals surface area contributed by atoms with Gasteiger partial charge in [0.15, 0.2) is 11.8 Å². The molecule has 2 heterocycles. The number of carbonyl (C=O) groups excluding carboxylic acids is 2. The van der Waals surface area contributed by atoms with Gasteiger partial charge >= 0.3 is 0 Å². The van der Waals surface area contributed by atoms with Crippen LogP contribution >= 0.6 is 11.6 Å². The second kappa shape index (κ2) is 5.80.